The molecule has 0 aliphatic heterocycles. The monoisotopic (exact) mass is 356 g/mol. The molecular weight excluding hydrogens is 336 g/mol. The molecular formula is C19H20N2OS2. The molecule has 124 valence electrons. The zero-order valence-corrected chi connectivity index (χ0v) is 16.2. The quantitative estimate of drug-likeness (QED) is 0.366. The van der Waals surface area contributed by atoms with Gasteiger partial charge in [-0.2, -0.15) is 0 Å². The maximum atomic E-state index is 12.7. The number of carbonyl (C=O) groups is 1. The van der Waals surface area contributed by atoms with E-state index in [0.717, 1.165) is 31.9 Å². The van der Waals surface area contributed by atoms with Crippen LogP contribution in [0.25, 0.3) is 10.2 Å². The summed E-state index contributed by atoms with van der Waals surface area (Å²) in [6.07, 6.45) is 1.59. The van der Waals surface area contributed by atoms with Crippen molar-refractivity contribution < 1.29 is 4.79 Å². The van der Waals surface area contributed by atoms with Crippen LogP contribution < -0.4 is 0 Å². The molecule has 3 rings (SSSR count). The maximum absolute atomic E-state index is 12.7. The lowest BCUT2D eigenvalue weighted by molar-refractivity contribution is 0.102. The Morgan fingerprint density at radius 2 is 1.75 bits per heavy atom. The van der Waals surface area contributed by atoms with Crippen molar-refractivity contribution >= 4 is 39.1 Å². The molecule has 0 radical (unpaired) electrons. The van der Waals surface area contributed by atoms with Gasteiger partial charge in [0.15, 0.2) is 5.78 Å². The van der Waals surface area contributed by atoms with Crippen LogP contribution in [0.5, 0.6) is 0 Å². The Kier molecular flexibility index (Phi) is 4.74. The molecule has 0 saturated heterocycles. The number of benzene rings is 1. The standard InChI is InChI=1S/C19H20N2OS2/c1-10-6-11(2)16(12(3)7-10)15(22)8-23-18-17-13(4)14(5)24-19(17)21-9-20-18/h6-7,9H,8H2,1-5H3. The largest absolute Gasteiger partial charge is 0.293 e. The zero-order chi connectivity index (χ0) is 17.4. The number of Topliss-reactive ketones (excluding diaryl/α,β-unsaturated/α-hetero) is 1. The van der Waals surface area contributed by atoms with Crippen LogP contribution in [0.15, 0.2) is 23.5 Å². The molecule has 1 aromatic carbocycles. The van der Waals surface area contributed by atoms with Gasteiger partial charge >= 0.3 is 0 Å². The first-order chi connectivity index (χ1) is 11.4. The van der Waals surface area contributed by atoms with E-state index < -0.39 is 0 Å². The van der Waals surface area contributed by atoms with Gasteiger partial charge in [-0.05, 0) is 51.3 Å². The fourth-order valence-corrected chi connectivity index (χ4v) is 5.07. The van der Waals surface area contributed by atoms with Crippen molar-refractivity contribution in [1.29, 1.82) is 0 Å². The normalized spacial score (nSPS) is 11.2. The Bertz CT molecular complexity index is 921. The summed E-state index contributed by atoms with van der Waals surface area (Å²) in [4.78, 5) is 23.8. The van der Waals surface area contributed by atoms with E-state index in [-0.39, 0.29) is 5.78 Å². The fraction of sp³-hybridized carbons (Fsp3) is 0.316. The molecule has 24 heavy (non-hydrogen) atoms. The van der Waals surface area contributed by atoms with E-state index in [2.05, 4.69) is 42.9 Å². The van der Waals surface area contributed by atoms with Crippen molar-refractivity contribution in [2.75, 3.05) is 5.75 Å². The third-order valence-corrected chi connectivity index (χ3v) is 6.33. The first-order valence-corrected chi connectivity index (χ1v) is 9.63. The first-order valence-electron chi connectivity index (χ1n) is 7.83. The van der Waals surface area contributed by atoms with Gasteiger partial charge in [0.2, 0.25) is 0 Å². The lowest BCUT2D eigenvalue weighted by atomic mass is 9.97. The molecule has 0 N–H and O–H groups in total. The summed E-state index contributed by atoms with van der Waals surface area (Å²) in [5.41, 5.74) is 5.35. The van der Waals surface area contributed by atoms with Gasteiger partial charge in [-0.25, -0.2) is 9.97 Å². The molecule has 0 aliphatic rings. The Morgan fingerprint density at radius 3 is 2.42 bits per heavy atom. The van der Waals surface area contributed by atoms with Crippen molar-refractivity contribution in [3.63, 3.8) is 0 Å². The molecule has 0 atom stereocenters. The van der Waals surface area contributed by atoms with Crippen molar-refractivity contribution in [3.8, 4) is 0 Å². The van der Waals surface area contributed by atoms with Crippen LogP contribution in [0, 0.1) is 34.6 Å². The van der Waals surface area contributed by atoms with E-state index in [1.165, 1.54) is 27.8 Å². The average molecular weight is 357 g/mol. The number of nitrogens with zero attached hydrogens (tertiary/aromatic N) is 2. The molecule has 0 unspecified atom stereocenters. The van der Waals surface area contributed by atoms with E-state index in [4.69, 9.17) is 0 Å². The molecule has 3 nitrogen and oxygen atoms in total. The highest BCUT2D eigenvalue weighted by molar-refractivity contribution is 8.00. The van der Waals surface area contributed by atoms with Crippen LogP contribution in [0.2, 0.25) is 0 Å². The molecule has 0 aliphatic carbocycles. The summed E-state index contributed by atoms with van der Waals surface area (Å²) < 4.78 is 0. The van der Waals surface area contributed by atoms with Crippen LogP contribution in [0.3, 0.4) is 0 Å². The number of ketones is 1. The van der Waals surface area contributed by atoms with Crippen molar-refractivity contribution in [1.82, 2.24) is 9.97 Å². The van der Waals surface area contributed by atoms with E-state index in [0.29, 0.717) is 5.75 Å². The lowest BCUT2D eigenvalue weighted by Gasteiger charge is -2.10. The van der Waals surface area contributed by atoms with Crippen LogP contribution in [0.4, 0.5) is 0 Å². The van der Waals surface area contributed by atoms with E-state index in [1.54, 1.807) is 17.7 Å². The molecule has 0 amide bonds. The predicted octanol–water partition coefficient (Wildman–Crippen LogP) is 5.21. The van der Waals surface area contributed by atoms with Crippen LogP contribution in [0.1, 0.15) is 37.5 Å². The highest BCUT2D eigenvalue weighted by Crippen LogP contribution is 2.34. The summed E-state index contributed by atoms with van der Waals surface area (Å²) in [7, 11) is 0. The smallest absolute Gasteiger partial charge is 0.173 e. The number of thioether (sulfide) groups is 1. The van der Waals surface area contributed by atoms with Gasteiger partial charge in [-0.1, -0.05) is 29.5 Å². The summed E-state index contributed by atoms with van der Waals surface area (Å²) in [6, 6.07) is 4.14. The first kappa shape index (κ1) is 17.1. The number of aromatic nitrogens is 2. The van der Waals surface area contributed by atoms with Gasteiger partial charge in [0, 0.05) is 15.8 Å². The minimum Gasteiger partial charge on any atom is -0.293 e. The molecule has 0 saturated carbocycles. The minimum absolute atomic E-state index is 0.159. The van der Waals surface area contributed by atoms with Crippen LogP contribution in [-0.4, -0.2) is 21.5 Å². The molecule has 5 heteroatoms. The molecule has 0 spiro atoms. The Labute approximate surface area is 150 Å². The van der Waals surface area contributed by atoms with Gasteiger partial charge in [0.25, 0.3) is 0 Å². The van der Waals surface area contributed by atoms with E-state index >= 15 is 0 Å². The third kappa shape index (κ3) is 3.10. The van der Waals surface area contributed by atoms with Gasteiger partial charge in [0.05, 0.1) is 5.75 Å². The summed E-state index contributed by atoms with van der Waals surface area (Å²) in [6.45, 7) is 10.3. The summed E-state index contributed by atoms with van der Waals surface area (Å²) >= 11 is 3.19. The molecule has 3 aromatic rings. The number of carbonyl (C=O) groups excluding carboxylic acids is 1. The second-order valence-corrected chi connectivity index (χ2v) is 8.30. The molecule has 2 aromatic heterocycles. The van der Waals surface area contributed by atoms with Crippen molar-refractivity contribution in [2.24, 2.45) is 0 Å². The molecule has 2 heterocycles. The Balaban J connectivity index is 1.88. The Hall–Kier alpha value is -1.72. The number of rotatable bonds is 4. The highest BCUT2D eigenvalue weighted by atomic mass is 32.2. The summed E-state index contributed by atoms with van der Waals surface area (Å²) in [5, 5.41) is 1.99. The van der Waals surface area contributed by atoms with Gasteiger partial charge in [-0.15, -0.1) is 11.3 Å². The predicted molar refractivity (Wildman–Crippen MR) is 103 cm³/mol. The number of hydrogen-bond donors (Lipinski definition) is 0. The van der Waals surface area contributed by atoms with Crippen molar-refractivity contribution in [3.05, 3.63) is 51.2 Å². The van der Waals surface area contributed by atoms with Gasteiger partial charge in [-0.3, -0.25) is 4.79 Å². The molecule has 0 fully saturated rings. The van der Waals surface area contributed by atoms with Crippen molar-refractivity contribution in [2.45, 2.75) is 39.6 Å². The second-order valence-electron chi connectivity index (χ2n) is 6.13. The SMILES string of the molecule is Cc1cc(C)c(C(=O)CSc2ncnc3sc(C)c(C)c23)c(C)c1. The van der Waals surface area contributed by atoms with Crippen LogP contribution in [-0.2, 0) is 0 Å². The minimum atomic E-state index is 0.159. The number of hydrogen-bond acceptors (Lipinski definition) is 5. The highest BCUT2D eigenvalue weighted by Gasteiger charge is 2.16. The van der Waals surface area contributed by atoms with E-state index in [9.17, 15) is 4.79 Å². The number of thiophene rings is 1. The molecule has 0 bridgehead atoms. The second kappa shape index (κ2) is 6.65. The topological polar surface area (TPSA) is 42.9 Å². The van der Waals surface area contributed by atoms with Crippen LogP contribution >= 0.6 is 23.1 Å². The maximum Gasteiger partial charge on any atom is 0.173 e. The van der Waals surface area contributed by atoms with Gasteiger partial charge < -0.3 is 0 Å². The average Bonchev–Trinajstić information content (AvgIpc) is 2.79. The zero-order valence-electron chi connectivity index (χ0n) is 14.6. The van der Waals surface area contributed by atoms with E-state index in [1.807, 2.05) is 13.8 Å². The summed E-state index contributed by atoms with van der Waals surface area (Å²) in [5.74, 6) is 0.553. The fourth-order valence-electron chi connectivity index (χ4n) is 3.09. The number of aryl methyl sites for hydroxylation is 5. The number of fused-ring (bicyclic) bond motifs is 1. The Morgan fingerprint density at radius 1 is 1.08 bits per heavy atom. The van der Waals surface area contributed by atoms with Gasteiger partial charge in [0.1, 0.15) is 16.2 Å². The lowest BCUT2D eigenvalue weighted by Crippen LogP contribution is -2.08. The third-order valence-electron chi connectivity index (χ3n) is 4.23.